The van der Waals surface area contributed by atoms with Crippen LogP contribution < -0.4 is 10.6 Å². The molecule has 2 aromatic heterocycles. The number of hydrogen-bond acceptors (Lipinski definition) is 5. The van der Waals surface area contributed by atoms with Crippen molar-refractivity contribution in [1.82, 2.24) is 20.5 Å². The van der Waals surface area contributed by atoms with Crippen molar-refractivity contribution in [2.45, 2.75) is 31.7 Å². The number of anilines is 1. The van der Waals surface area contributed by atoms with Crippen LogP contribution in [0.4, 0.5) is 9.93 Å². The number of rotatable bonds is 4. The minimum absolute atomic E-state index is 0.0891. The third kappa shape index (κ3) is 3.11. The highest BCUT2D eigenvalue weighted by Gasteiger charge is 2.27. The molecule has 104 valence electrons. The van der Waals surface area contributed by atoms with Gasteiger partial charge in [-0.15, -0.1) is 10.2 Å². The molecular weight excluding hydrogens is 274 g/mol. The maximum absolute atomic E-state index is 11.9. The van der Waals surface area contributed by atoms with Crippen LogP contribution in [-0.4, -0.2) is 21.2 Å². The molecule has 2 amide bonds. The molecule has 0 saturated heterocycles. The Morgan fingerprint density at radius 1 is 1.35 bits per heavy atom. The molecule has 2 aromatic rings. The maximum atomic E-state index is 11.9. The summed E-state index contributed by atoms with van der Waals surface area (Å²) in [5, 5.41) is 15.2. The number of nitrogens with zero attached hydrogens (tertiary/aromatic N) is 3. The van der Waals surface area contributed by atoms with Crippen molar-refractivity contribution >= 4 is 22.5 Å². The third-order valence-corrected chi connectivity index (χ3v) is 4.14. The Bertz CT molecular complexity index is 596. The largest absolute Gasteiger partial charge is 0.331 e. The highest BCUT2D eigenvalue weighted by molar-refractivity contribution is 7.15. The minimum atomic E-state index is -0.271. The quantitative estimate of drug-likeness (QED) is 0.907. The van der Waals surface area contributed by atoms with Gasteiger partial charge in [-0.25, -0.2) is 4.79 Å². The van der Waals surface area contributed by atoms with Gasteiger partial charge in [0.25, 0.3) is 0 Å². The van der Waals surface area contributed by atoms with E-state index in [9.17, 15) is 4.79 Å². The van der Waals surface area contributed by atoms with Gasteiger partial charge in [-0.3, -0.25) is 10.3 Å². The predicted molar refractivity (Wildman–Crippen MR) is 76.7 cm³/mol. The zero-order valence-corrected chi connectivity index (χ0v) is 11.9. The summed E-state index contributed by atoms with van der Waals surface area (Å²) in [6, 6.07) is 3.39. The van der Waals surface area contributed by atoms with E-state index in [4.69, 9.17) is 0 Å². The number of carbonyl (C=O) groups is 1. The summed E-state index contributed by atoms with van der Waals surface area (Å²) in [5.74, 6) is 0.557. The fraction of sp³-hybridized carbons (Fsp3) is 0.385. The van der Waals surface area contributed by atoms with E-state index < -0.39 is 0 Å². The molecule has 1 fully saturated rings. The third-order valence-electron chi connectivity index (χ3n) is 3.14. The summed E-state index contributed by atoms with van der Waals surface area (Å²) < 4.78 is 0. The van der Waals surface area contributed by atoms with Crippen LogP contribution in [0.3, 0.4) is 0 Å². The lowest BCUT2D eigenvalue weighted by Gasteiger charge is -2.13. The van der Waals surface area contributed by atoms with Crippen LogP contribution in [0.5, 0.6) is 0 Å². The van der Waals surface area contributed by atoms with Gasteiger partial charge < -0.3 is 5.32 Å². The predicted octanol–water partition coefficient (Wildman–Crippen LogP) is 2.69. The Morgan fingerprint density at radius 2 is 2.10 bits per heavy atom. The first kappa shape index (κ1) is 13.0. The smallest absolute Gasteiger partial charge is 0.321 e. The van der Waals surface area contributed by atoms with Crippen molar-refractivity contribution < 1.29 is 4.79 Å². The average molecular weight is 289 g/mol. The van der Waals surface area contributed by atoms with E-state index in [2.05, 4.69) is 25.8 Å². The molecule has 0 bridgehead atoms. The second-order valence-electron chi connectivity index (χ2n) is 4.82. The molecule has 3 rings (SSSR count). The number of carbonyl (C=O) groups excluding carboxylic acids is 1. The van der Waals surface area contributed by atoms with Gasteiger partial charge in [0.2, 0.25) is 5.13 Å². The molecule has 7 heteroatoms. The summed E-state index contributed by atoms with van der Waals surface area (Å²) in [6.07, 6.45) is 5.77. The lowest BCUT2D eigenvalue weighted by molar-refractivity contribution is 0.249. The van der Waals surface area contributed by atoms with E-state index in [1.165, 1.54) is 24.2 Å². The molecule has 1 unspecified atom stereocenters. The molecule has 1 aliphatic rings. The summed E-state index contributed by atoms with van der Waals surface area (Å²) in [4.78, 5) is 15.8. The number of hydrogen-bond donors (Lipinski definition) is 2. The van der Waals surface area contributed by atoms with Crippen molar-refractivity contribution in [3.63, 3.8) is 0 Å². The minimum Gasteiger partial charge on any atom is -0.331 e. The van der Waals surface area contributed by atoms with Crippen LogP contribution in [0.25, 0.3) is 0 Å². The highest BCUT2D eigenvalue weighted by atomic mass is 32.1. The Hall–Kier alpha value is -2.02. The highest BCUT2D eigenvalue weighted by Crippen LogP contribution is 2.41. The first-order valence-electron chi connectivity index (χ1n) is 6.53. The van der Waals surface area contributed by atoms with Gasteiger partial charge in [0.05, 0.1) is 6.04 Å². The SMILES string of the molecule is CC(NC(=O)Nc1nnc(C2CC2)s1)c1ccncc1. The molecule has 0 aliphatic heterocycles. The molecular formula is C13H15N5OS. The van der Waals surface area contributed by atoms with E-state index in [-0.39, 0.29) is 12.1 Å². The Morgan fingerprint density at radius 3 is 2.80 bits per heavy atom. The molecule has 20 heavy (non-hydrogen) atoms. The van der Waals surface area contributed by atoms with Crippen LogP contribution in [0, 0.1) is 0 Å². The van der Waals surface area contributed by atoms with Crippen LogP contribution in [0.2, 0.25) is 0 Å². The molecule has 1 aliphatic carbocycles. The van der Waals surface area contributed by atoms with Gasteiger partial charge in [-0.1, -0.05) is 11.3 Å². The van der Waals surface area contributed by atoms with Crippen molar-refractivity contribution in [2.75, 3.05) is 5.32 Å². The van der Waals surface area contributed by atoms with Crippen LogP contribution in [-0.2, 0) is 0 Å². The zero-order chi connectivity index (χ0) is 13.9. The van der Waals surface area contributed by atoms with Crippen molar-refractivity contribution in [1.29, 1.82) is 0 Å². The fourth-order valence-electron chi connectivity index (χ4n) is 1.85. The summed E-state index contributed by atoms with van der Waals surface area (Å²) in [7, 11) is 0. The van der Waals surface area contributed by atoms with Gasteiger partial charge >= 0.3 is 6.03 Å². The van der Waals surface area contributed by atoms with Crippen molar-refractivity contribution in [3.05, 3.63) is 35.1 Å². The second kappa shape index (κ2) is 5.54. The standard InChI is InChI=1S/C13H15N5OS/c1-8(9-4-6-14-7-5-9)15-12(19)16-13-18-17-11(20-13)10-2-3-10/h4-8,10H,2-3H2,1H3,(H2,15,16,18,19). The van der Waals surface area contributed by atoms with Crippen LogP contribution in [0.15, 0.2) is 24.5 Å². The normalized spacial score (nSPS) is 15.7. The first-order chi connectivity index (χ1) is 9.72. The monoisotopic (exact) mass is 289 g/mol. The first-order valence-corrected chi connectivity index (χ1v) is 7.35. The number of aromatic nitrogens is 3. The summed E-state index contributed by atoms with van der Waals surface area (Å²) in [5.41, 5.74) is 1.01. The van der Waals surface area contributed by atoms with Crippen molar-refractivity contribution in [3.8, 4) is 0 Å². The average Bonchev–Trinajstić information content (AvgIpc) is 3.20. The molecule has 2 N–H and O–H groups in total. The molecule has 1 atom stereocenters. The molecule has 1 saturated carbocycles. The van der Waals surface area contributed by atoms with E-state index in [1.807, 2.05) is 19.1 Å². The molecule has 0 aromatic carbocycles. The molecule has 0 radical (unpaired) electrons. The van der Waals surface area contributed by atoms with Gasteiger partial charge in [-0.2, -0.15) is 0 Å². The second-order valence-corrected chi connectivity index (χ2v) is 5.83. The zero-order valence-electron chi connectivity index (χ0n) is 11.0. The molecule has 6 nitrogen and oxygen atoms in total. The summed E-state index contributed by atoms with van der Waals surface area (Å²) >= 11 is 1.45. The Kier molecular flexibility index (Phi) is 3.60. The van der Waals surface area contributed by atoms with E-state index in [0.717, 1.165) is 10.6 Å². The van der Waals surface area contributed by atoms with Crippen molar-refractivity contribution in [2.24, 2.45) is 0 Å². The Balaban J connectivity index is 1.56. The summed E-state index contributed by atoms with van der Waals surface area (Å²) in [6.45, 7) is 1.92. The van der Waals surface area contributed by atoms with E-state index in [0.29, 0.717) is 11.0 Å². The molecule has 2 heterocycles. The lowest BCUT2D eigenvalue weighted by atomic mass is 10.1. The number of pyridine rings is 1. The number of nitrogens with one attached hydrogen (secondary N) is 2. The maximum Gasteiger partial charge on any atom is 0.321 e. The van der Waals surface area contributed by atoms with Gasteiger partial charge in [0.15, 0.2) is 0 Å². The van der Waals surface area contributed by atoms with E-state index in [1.54, 1.807) is 12.4 Å². The number of urea groups is 1. The van der Waals surface area contributed by atoms with E-state index >= 15 is 0 Å². The Labute approximate surface area is 120 Å². The van der Waals surface area contributed by atoms with Crippen LogP contribution in [0.1, 0.15) is 42.3 Å². The van der Waals surface area contributed by atoms with Gasteiger partial charge in [0.1, 0.15) is 5.01 Å². The topological polar surface area (TPSA) is 79.8 Å². The van der Waals surface area contributed by atoms with Gasteiger partial charge in [-0.05, 0) is 37.5 Å². The fourth-order valence-corrected chi connectivity index (χ4v) is 2.75. The number of amides is 2. The lowest BCUT2D eigenvalue weighted by Crippen LogP contribution is -2.31. The molecule has 0 spiro atoms. The van der Waals surface area contributed by atoms with Gasteiger partial charge in [0, 0.05) is 18.3 Å². The van der Waals surface area contributed by atoms with Crippen LogP contribution >= 0.6 is 11.3 Å².